The number of hydrogen-bond donors (Lipinski definition) is 1. The third-order valence-corrected chi connectivity index (χ3v) is 2.56. The van der Waals surface area contributed by atoms with Crippen LogP contribution in [0.4, 0.5) is 5.82 Å². The summed E-state index contributed by atoms with van der Waals surface area (Å²) in [6.07, 6.45) is 5.09. The maximum absolute atomic E-state index is 9.55. The second-order valence-electron chi connectivity index (χ2n) is 3.77. The molecule has 0 spiro atoms. The predicted octanol–water partition coefficient (Wildman–Crippen LogP) is 0.746. The lowest BCUT2D eigenvalue weighted by atomic mass is 10.1. The van der Waals surface area contributed by atoms with E-state index in [0.717, 1.165) is 30.8 Å². The Morgan fingerprint density at radius 3 is 3.14 bits per heavy atom. The summed E-state index contributed by atoms with van der Waals surface area (Å²) in [5.41, 5.74) is 1.07. The van der Waals surface area contributed by atoms with Crippen molar-refractivity contribution in [1.29, 1.82) is 0 Å². The molecule has 2 heterocycles. The highest BCUT2D eigenvalue weighted by Gasteiger charge is 2.19. The fraction of sp³-hybridized carbons (Fsp3) is 0.600. The highest BCUT2D eigenvalue weighted by molar-refractivity contribution is 5.44. The fourth-order valence-corrected chi connectivity index (χ4v) is 1.87. The zero-order valence-electron chi connectivity index (χ0n) is 8.35. The Bertz CT molecular complexity index is 316. The van der Waals surface area contributed by atoms with Gasteiger partial charge in [-0.15, -0.1) is 0 Å². The Hall–Kier alpha value is -1.16. The molecule has 4 heteroatoms. The minimum Gasteiger partial charge on any atom is -0.391 e. The van der Waals surface area contributed by atoms with Crippen LogP contribution in [0.2, 0.25) is 0 Å². The van der Waals surface area contributed by atoms with Crippen molar-refractivity contribution in [2.45, 2.75) is 25.9 Å². The number of anilines is 1. The van der Waals surface area contributed by atoms with Crippen LogP contribution in [0.15, 0.2) is 12.5 Å². The van der Waals surface area contributed by atoms with Gasteiger partial charge in [0.1, 0.15) is 12.1 Å². The van der Waals surface area contributed by atoms with E-state index in [1.165, 1.54) is 0 Å². The number of rotatable bonds is 1. The smallest absolute Gasteiger partial charge is 0.134 e. The van der Waals surface area contributed by atoms with Gasteiger partial charge in [0, 0.05) is 24.8 Å². The van der Waals surface area contributed by atoms with E-state index in [-0.39, 0.29) is 6.10 Å². The first kappa shape index (κ1) is 9.40. The largest absolute Gasteiger partial charge is 0.391 e. The lowest BCUT2D eigenvalue weighted by Gasteiger charge is -2.31. The van der Waals surface area contributed by atoms with Crippen molar-refractivity contribution in [3.63, 3.8) is 0 Å². The zero-order chi connectivity index (χ0) is 9.97. The van der Waals surface area contributed by atoms with Gasteiger partial charge in [-0.1, -0.05) is 0 Å². The molecule has 1 saturated heterocycles. The Morgan fingerprint density at radius 1 is 1.57 bits per heavy atom. The first-order valence-electron chi connectivity index (χ1n) is 4.97. The Balaban J connectivity index is 2.18. The van der Waals surface area contributed by atoms with Gasteiger partial charge in [0.25, 0.3) is 0 Å². The lowest BCUT2D eigenvalue weighted by molar-refractivity contribution is 0.154. The molecule has 4 nitrogen and oxygen atoms in total. The summed E-state index contributed by atoms with van der Waals surface area (Å²) in [6, 6.07) is 0. The van der Waals surface area contributed by atoms with Crippen molar-refractivity contribution in [2.75, 3.05) is 18.0 Å². The van der Waals surface area contributed by atoms with E-state index < -0.39 is 0 Å². The SMILES string of the molecule is Cc1cncnc1N1CCCC(O)C1. The first-order valence-corrected chi connectivity index (χ1v) is 4.97. The maximum Gasteiger partial charge on any atom is 0.134 e. The van der Waals surface area contributed by atoms with Crippen LogP contribution in [-0.4, -0.2) is 34.3 Å². The number of nitrogens with zero attached hydrogens (tertiary/aromatic N) is 3. The summed E-state index contributed by atoms with van der Waals surface area (Å²) in [5, 5.41) is 9.55. The molecule has 1 unspecified atom stereocenters. The third-order valence-electron chi connectivity index (χ3n) is 2.56. The number of aromatic nitrogens is 2. The van der Waals surface area contributed by atoms with Crippen molar-refractivity contribution in [2.24, 2.45) is 0 Å². The lowest BCUT2D eigenvalue weighted by Crippen LogP contribution is -2.39. The molecule has 1 aromatic rings. The van der Waals surface area contributed by atoms with Crippen LogP contribution in [0.5, 0.6) is 0 Å². The van der Waals surface area contributed by atoms with Crippen LogP contribution < -0.4 is 4.90 Å². The second-order valence-corrected chi connectivity index (χ2v) is 3.77. The van der Waals surface area contributed by atoms with Crippen molar-refractivity contribution < 1.29 is 5.11 Å². The third kappa shape index (κ3) is 1.85. The number of hydrogen-bond acceptors (Lipinski definition) is 4. The molecule has 1 fully saturated rings. The second kappa shape index (κ2) is 3.92. The van der Waals surface area contributed by atoms with E-state index in [4.69, 9.17) is 0 Å². The van der Waals surface area contributed by atoms with Crippen molar-refractivity contribution >= 4 is 5.82 Å². The molecular formula is C10H15N3O. The Kier molecular flexibility index (Phi) is 2.63. The van der Waals surface area contributed by atoms with Gasteiger partial charge in [0.15, 0.2) is 0 Å². The van der Waals surface area contributed by atoms with E-state index in [9.17, 15) is 5.11 Å². The van der Waals surface area contributed by atoms with Crippen LogP contribution in [-0.2, 0) is 0 Å². The van der Waals surface area contributed by atoms with Gasteiger partial charge in [0.05, 0.1) is 6.10 Å². The molecule has 1 N–H and O–H groups in total. The van der Waals surface area contributed by atoms with E-state index in [2.05, 4.69) is 14.9 Å². The normalized spacial score (nSPS) is 22.4. The summed E-state index contributed by atoms with van der Waals surface area (Å²) < 4.78 is 0. The van der Waals surface area contributed by atoms with E-state index in [1.54, 1.807) is 6.33 Å². The number of aliphatic hydroxyl groups excluding tert-OH is 1. The molecule has 2 rings (SSSR count). The van der Waals surface area contributed by atoms with E-state index in [0.29, 0.717) is 6.54 Å². The van der Waals surface area contributed by atoms with Gasteiger partial charge >= 0.3 is 0 Å². The molecule has 1 aliphatic rings. The van der Waals surface area contributed by atoms with Crippen molar-refractivity contribution in [3.05, 3.63) is 18.1 Å². The summed E-state index contributed by atoms with van der Waals surface area (Å²) in [5.74, 6) is 0.957. The first-order chi connectivity index (χ1) is 6.77. The molecular weight excluding hydrogens is 178 g/mol. The predicted molar refractivity (Wildman–Crippen MR) is 54.2 cm³/mol. The van der Waals surface area contributed by atoms with Crippen LogP contribution in [0.3, 0.4) is 0 Å². The molecule has 1 aromatic heterocycles. The Morgan fingerprint density at radius 2 is 2.43 bits per heavy atom. The summed E-state index contributed by atoms with van der Waals surface area (Å²) in [7, 11) is 0. The molecule has 76 valence electrons. The highest BCUT2D eigenvalue weighted by atomic mass is 16.3. The molecule has 1 aliphatic heterocycles. The van der Waals surface area contributed by atoms with Gasteiger partial charge < -0.3 is 10.0 Å². The molecule has 0 amide bonds. The number of aryl methyl sites for hydroxylation is 1. The van der Waals surface area contributed by atoms with E-state index in [1.807, 2.05) is 13.1 Å². The molecule has 1 atom stereocenters. The number of β-amino-alcohol motifs (C(OH)–C–C–N with tert-alkyl or cyclic N) is 1. The van der Waals surface area contributed by atoms with Crippen LogP contribution >= 0.6 is 0 Å². The standard InChI is InChI=1S/C10H15N3O/c1-8-5-11-7-12-10(8)13-4-2-3-9(14)6-13/h5,7,9,14H,2-4,6H2,1H3. The molecule has 0 aliphatic carbocycles. The van der Waals surface area contributed by atoms with Crippen LogP contribution in [0, 0.1) is 6.92 Å². The van der Waals surface area contributed by atoms with Gasteiger partial charge in [-0.3, -0.25) is 0 Å². The van der Waals surface area contributed by atoms with Gasteiger partial charge in [-0.25, -0.2) is 9.97 Å². The zero-order valence-corrected chi connectivity index (χ0v) is 8.35. The topological polar surface area (TPSA) is 49.2 Å². The fourth-order valence-electron chi connectivity index (χ4n) is 1.87. The van der Waals surface area contributed by atoms with Crippen LogP contribution in [0.25, 0.3) is 0 Å². The average molecular weight is 193 g/mol. The monoisotopic (exact) mass is 193 g/mol. The minimum absolute atomic E-state index is 0.210. The van der Waals surface area contributed by atoms with Crippen molar-refractivity contribution in [3.8, 4) is 0 Å². The summed E-state index contributed by atoms with van der Waals surface area (Å²) in [4.78, 5) is 10.3. The summed E-state index contributed by atoms with van der Waals surface area (Å²) >= 11 is 0. The minimum atomic E-state index is -0.210. The molecule has 14 heavy (non-hydrogen) atoms. The van der Waals surface area contributed by atoms with Crippen molar-refractivity contribution in [1.82, 2.24) is 9.97 Å². The van der Waals surface area contributed by atoms with Gasteiger partial charge in [0.2, 0.25) is 0 Å². The van der Waals surface area contributed by atoms with E-state index >= 15 is 0 Å². The van der Waals surface area contributed by atoms with Gasteiger partial charge in [-0.2, -0.15) is 0 Å². The van der Waals surface area contributed by atoms with Crippen LogP contribution in [0.1, 0.15) is 18.4 Å². The molecule has 0 saturated carbocycles. The molecule has 0 bridgehead atoms. The number of aliphatic hydroxyl groups is 1. The average Bonchev–Trinajstić information content (AvgIpc) is 2.18. The number of piperidine rings is 1. The molecule has 0 aromatic carbocycles. The molecule has 0 radical (unpaired) electrons. The quantitative estimate of drug-likeness (QED) is 0.715. The maximum atomic E-state index is 9.55. The Labute approximate surface area is 83.6 Å². The highest BCUT2D eigenvalue weighted by Crippen LogP contribution is 2.19. The van der Waals surface area contributed by atoms with Gasteiger partial charge in [-0.05, 0) is 19.8 Å². The summed E-state index contributed by atoms with van der Waals surface area (Å²) in [6.45, 7) is 3.67.